The minimum absolute atomic E-state index is 0.00303. The molecule has 0 saturated heterocycles. The Kier molecular flexibility index (Phi) is 4.52. The number of aliphatic hydroxyl groups is 2. The van der Waals surface area contributed by atoms with Gasteiger partial charge in [0.05, 0.1) is 34.3 Å². The Bertz CT molecular complexity index is 1080. The molecule has 1 aromatic carbocycles. The molecule has 1 aromatic heterocycles. The molecule has 2 aliphatic carbocycles. The molecule has 0 bridgehead atoms. The predicted molar refractivity (Wildman–Crippen MR) is 106 cm³/mol. The first-order chi connectivity index (χ1) is 14.0. The normalized spacial score (nSPS) is 25.5. The average molecular weight is 413 g/mol. The summed E-state index contributed by atoms with van der Waals surface area (Å²) in [5.74, 6) is -1.45. The Labute approximate surface area is 172 Å². The predicted octanol–water partition coefficient (Wildman–Crippen LogP) is 1.39. The van der Waals surface area contributed by atoms with Gasteiger partial charge in [-0.15, -0.1) is 0 Å². The summed E-state index contributed by atoms with van der Waals surface area (Å²) in [4.78, 5) is 25.7. The Morgan fingerprint density at radius 1 is 1.03 bits per heavy atom. The number of phenolic OH excluding ortho intramolecular Hbond substituents is 2. The highest BCUT2D eigenvalue weighted by molar-refractivity contribution is 6.26. The number of fused-ring (bicyclic) bond motifs is 2. The molecule has 0 radical (unpaired) electrons. The van der Waals surface area contributed by atoms with Crippen molar-refractivity contribution in [3.05, 3.63) is 58.2 Å². The Hall–Kier alpha value is -3.10. The number of phenols is 2. The van der Waals surface area contributed by atoms with E-state index in [2.05, 4.69) is 5.32 Å². The number of rotatable bonds is 4. The lowest BCUT2D eigenvalue weighted by Crippen LogP contribution is -2.55. The van der Waals surface area contributed by atoms with E-state index in [-0.39, 0.29) is 40.8 Å². The van der Waals surface area contributed by atoms with Gasteiger partial charge in [-0.3, -0.25) is 9.59 Å². The molecule has 8 nitrogen and oxygen atoms in total. The Morgan fingerprint density at radius 3 is 2.20 bits per heavy atom. The number of carbonyl (C=O) groups is 2. The van der Waals surface area contributed by atoms with E-state index in [0.29, 0.717) is 18.7 Å². The zero-order valence-corrected chi connectivity index (χ0v) is 16.7. The van der Waals surface area contributed by atoms with Crippen LogP contribution in [-0.2, 0) is 19.3 Å². The molecular weight excluding hydrogens is 390 g/mol. The van der Waals surface area contributed by atoms with Gasteiger partial charge in [-0.1, -0.05) is 0 Å². The summed E-state index contributed by atoms with van der Waals surface area (Å²) in [5.41, 5.74) is -3.45. The summed E-state index contributed by atoms with van der Waals surface area (Å²) in [5, 5.41) is 45.7. The van der Waals surface area contributed by atoms with Gasteiger partial charge in [-0.05, 0) is 26.0 Å². The maximum Gasteiger partial charge on any atom is 0.213 e. The number of aromatic hydroxyl groups is 2. The first-order valence-electron chi connectivity index (χ1n) is 9.65. The lowest BCUT2D eigenvalue weighted by molar-refractivity contribution is -0.135. The van der Waals surface area contributed by atoms with Gasteiger partial charge in [0.25, 0.3) is 0 Å². The number of furan rings is 1. The molecule has 2 aliphatic rings. The van der Waals surface area contributed by atoms with Gasteiger partial charge in [0.1, 0.15) is 17.3 Å². The van der Waals surface area contributed by atoms with Gasteiger partial charge in [-0.2, -0.15) is 0 Å². The molecule has 158 valence electrons. The summed E-state index contributed by atoms with van der Waals surface area (Å²) in [6, 6.07) is 3.53. The zero-order valence-electron chi connectivity index (χ0n) is 16.7. The molecule has 5 N–H and O–H groups in total. The summed E-state index contributed by atoms with van der Waals surface area (Å²) < 4.78 is 5.23. The summed E-state index contributed by atoms with van der Waals surface area (Å²) in [6.45, 7) is 3.16. The molecule has 1 heterocycles. The zero-order chi connectivity index (χ0) is 21.8. The summed E-state index contributed by atoms with van der Waals surface area (Å²) in [7, 11) is 0. The van der Waals surface area contributed by atoms with Gasteiger partial charge < -0.3 is 30.2 Å². The fourth-order valence-corrected chi connectivity index (χ4v) is 4.05. The van der Waals surface area contributed by atoms with E-state index in [1.165, 1.54) is 20.1 Å². The number of allylic oxidation sites excluding steroid dienone is 2. The minimum atomic E-state index is -1.60. The molecule has 0 saturated carbocycles. The second-order valence-electron chi connectivity index (χ2n) is 8.31. The summed E-state index contributed by atoms with van der Waals surface area (Å²) in [6.07, 6.45) is 2.75. The monoisotopic (exact) mass is 413 g/mol. The summed E-state index contributed by atoms with van der Waals surface area (Å²) >= 11 is 0. The van der Waals surface area contributed by atoms with Crippen molar-refractivity contribution in [1.29, 1.82) is 0 Å². The van der Waals surface area contributed by atoms with Crippen molar-refractivity contribution in [2.24, 2.45) is 0 Å². The number of carbonyl (C=O) groups excluding carboxylic acids is 2. The van der Waals surface area contributed by atoms with E-state index in [4.69, 9.17) is 4.42 Å². The topological polar surface area (TPSA) is 140 Å². The van der Waals surface area contributed by atoms with E-state index >= 15 is 0 Å². The fraction of sp³-hybridized carbons (Fsp3) is 0.364. The number of hydrogen-bond donors (Lipinski definition) is 5. The van der Waals surface area contributed by atoms with Crippen LogP contribution in [-0.4, -0.2) is 49.7 Å². The van der Waals surface area contributed by atoms with Crippen LogP contribution >= 0.6 is 0 Å². The van der Waals surface area contributed by atoms with Crippen molar-refractivity contribution in [2.75, 3.05) is 6.54 Å². The fourth-order valence-electron chi connectivity index (χ4n) is 4.05. The third kappa shape index (κ3) is 3.00. The Morgan fingerprint density at radius 2 is 1.63 bits per heavy atom. The molecule has 2 atom stereocenters. The van der Waals surface area contributed by atoms with Crippen molar-refractivity contribution in [3.8, 4) is 11.5 Å². The number of Topliss-reactive ketones (excluding diaryl/α,β-unsaturated/α-hetero) is 1. The van der Waals surface area contributed by atoms with E-state index in [0.717, 1.165) is 6.08 Å². The van der Waals surface area contributed by atoms with E-state index in [1.807, 2.05) is 0 Å². The van der Waals surface area contributed by atoms with Crippen LogP contribution in [0.5, 0.6) is 11.5 Å². The third-order valence-electron chi connectivity index (χ3n) is 6.12. The number of ketones is 2. The second-order valence-corrected chi connectivity index (χ2v) is 8.31. The van der Waals surface area contributed by atoms with Crippen LogP contribution in [0.1, 0.15) is 51.5 Å². The van der Waals surface area contributed by atoms with Crippen molar-refractivity contribution in [2.45, 2.75) is 44.3 Å². The van der Waals surface area contributed by atoms with Gasteiger partial charge in [-0.25, -0.2) is 0 Å². The van der Waals surface area contributed by atoms with Crippen LogP contribution in [0.3, 0.4) is 0 Å². The van der Waals surface area contributed by atoms with Gasteiger partial charge in [0.15, 0.2) is 5.78 Å². The number of nitrogens with one attached hydrogen (secondary N) is 1. The lowest BCUT2D eigenvalue weighted by atomic mass is 9.69. The van der Waals surface area contributed by atoms with Crippen LogP contribution in [0, 0.1) is 0 Å². The van der Waals surface area contributed by atoms with Gasteiger partial charge in [0, 0.05) is 43.0 Å². The quantitative estimate of drug-likeness (QED) is 0.474. The molecule has 4 rings (SSSR count). The van der Waals surface area contributed by atoms with Crippen molar-refractivity contribution < 1.29 is 34.4 Å². The largest absolute Gasteiger partial charge is 0.507 e. The first kappa shape index (κ1) is 20.2. The molecule has 0 fully saturated rings. The molecule has 0 spiro atoms. The van der Waals surface area contributed by atoms with Crippen molar-refractivity contribution >= 4 is 11.6 Å². The smallest absolute Gasteiger partial charge is 0.213 e. The van der Waals surface area contributed by atoms with Crippen LogP contribution in [0.15, 0.2) is 34.6 Å². The van der Waals surface area contributed by atoms with E-state index in [1.54, 1.807) is 12.1 Å². The molecule has 0 aliphatic heterocycles. The molecule has 0 amide bonds. The third-order valence-corrected chi connectivity index (χ3v) is 6.12. The molecule has 2 aromatic rings. The van der Waals surface area contributed by atoms with Crippen LogP contribution < -0.4 is 5.32 Å². The minimum Gasteiger partial charge on any atom is -0.507 e. The molecular formula is C22H23NO7. The van der Waals surface area contributed by atoms with Crippen LogP contribution in [0.4, 0.5) is 0 Å². The SMILES string of the molecule is C[C@]1(O)Cc2c(O)c3c(c(O)c2C[C@@]1(C)O)C(=O)C=C(NCCc1ccco1)C3=O. The molecule has 30 heavy (non-hydrogen) atoms. The second kappa shape index (κ2) is 6.72. The first-order valence-corrected chi connectivity index (χ1v) is 9.65. The number of hydrogen-bond acceptors (Lipinski definition) is 8. The average Bonchev–Trinajstić information content (AvgIpc) is 3.17. The van der Waals surface area contributed by atoms with E-state index < -0.39 is 34.3 Å². The Balaban J connectivity index is 1.71. The van der Waals surface area contributed by atoms with Gasteiger partial charge in [0.2, 0.25) is 5.78 Å². The van der Waals surface area contributed by atoms with Crippen molar-refractivity contribution in [1.82, 2.24) is 5.32 Å². The lowest BCUT2D eigenvalue weighted by Gasteiger charge is -2.44. The number of benzene rings is 1. The molecule has 8 heteroatoms. The van der Waals surface area contributed by atoms with Crippen molar-refractivity contribution in [3.63, 3.8) is 0 Å². The van der Waals surface area contributed by atoms with Crippen LogP contribution in [0.2, 0.25) is 0 Å². The standard InChI is InChI=1S/C22H23NO7/c1-21(28)9-12-13(10-22(21,2)29)19(26)17-16(18(12)25)15(24)8-14(20(17)27)23-6-5-11-4-3-7-30-11/h3-4,7-8,23,25-26,28-29H,5-6,9-10H2,1-2H3/t21-,22+/m1/s1. The maximum absolute atomic E-state index is 13.0. The maximum atomic E-state index is 13.0. The van der Waals surface area contributed by atoms with E-state index in [9.17, 15) is 30.0 Å². The highest BCUT2D eigenvalue weighted by Crippen LogP contribution is 2.48. The highest BCUT2D eigenvalue weighted by Gasteiger charge is 2.49. The highest BCUT2D eigenvalue weighted by atomic mass is 16.4. The van der Waals surface area contributed by atoms with Gasteiger partial charge >= 0.3 is 0 Å². The van der Waals surface area contributed by atoms with Crippen LogP contribution in [0.25, 0.3) is 0 Å². The molecule has 0 unspecified atom stereocenters.